The smallest absolute Gasteiger partial charge is 0.255 e. The monoisotopic (exact) mass is 412 g/mol. The fourth-order valence-corrected chi connectivity index (χ4v) is 3.66. The highest BCUT2D eigenvalue weighted by atomic mass is 19.1. The summed E-state index contributed by atoms with van der Waals surface area (Å²) in [6, 6.07) is 17.5. The van der Waals surface area contributed by atoms with Crippen molar-refractivity contribution in [3.8, 4) is 23.6 Å². The average molecular weight is 412 g/mol. The molecule has 0 aliphatic carbocycles. The number of aromatic nitrogens is 3. The molecule has 31 heavy (non-hydrogen) atoms. The number of pyridine rings is 1. The number of amides is 1. The van der Waals surface area contributed by atoms with E-state index in [0.717, 1.165) is 16.8 Å². The quantitative estimate of drug-likeness (QED) is 0.458. The molecule has 0 spiro atoms. The number of hydrogen-bond donors (Lipinski definition) is 0. The molecule has 0 aliphatic rings. The number of hydrogen-bond acceptors (Lipinski definition) is 3. The summed E-state index contributed by atoms with van der Waals surface area (Å²) in [7, 11) is 1.81. The molecular formula is C25H21FN4O. The topological polar surface area (TPSA) is 51.0 Å². The van der Waals surface area contributed by atoms with Gasteiger partial charge in [-0.05, 0) is 30.7 Å². The van der Waals surface area contributed by atoms with Crippen LogP contribution in [-0.2, 0) is 13.6 Å². The first-order valence-corrected chi connectivity index (χ1v) is 9.85. The lowest BCUT2D eigenvalue weighted by molar-refractivity contribution is 0.0767. The second-order valence-electron chi connectivity index (χ2n) is 7.32. The van der Waals surface area contributed by atoms with Crippen LogP contribution in [0.15, 0.2) is 60.7 Å². The molecule has 4 aromatic rings. The molecule has 0 radical (unpaired) electrons. The molecule has 0 N–H and O–H groups in total. The van der Waals surface area contributed by atoms with Gasteiger partial charge in [-0.1, -0.05) is 48.4 Å². The fraction of sp³-hybridized carbons (Fsp3) is 0.160. The summed E-state index contributed by atoms with van der Waals surface area (Å²) in [5, 5.41) is 5.17. The Kier molecular flexibility index (Phi) is 5.50. The third-order valence-electron chi connectivity index (χ3n) is 5.12. The van der Waals surface area contributed by atoms with Crippen molar-refractivity contribution in [2.45, 2.75) is 13.5 Å². The molecule has 154 valence electrons. The molecule has 2 heterocycles. The molecule has 2 aromatic heterocycles. The van der Waals surface area contributed by atoms with Crippen molar-refractivity contribution in [3.05, 3.63) is 83.3 Å². The van der Waals surface area contributed by atoms with Crippen molar-refractivity contribution in [2.75, 3.05) is 6.54 Å². The van der Waals surface area contributed by atoms with Crippen LogP contribution in [0.2, 0.25) is 0 Å². The molecule has 0 fully saturated rings. The summed E-state index contributed by atoms with van der Waals surface area (Å²) in [5.41, 5.74) is 4.22. The molecule has 6 heteroatoms. The number of nitrogens with zero attached hydrogens (tertiary/aromatic N) is 4. The number of halogens is 1. The maximum atomic E-state index is 13.7. The van der Waals surface area contributed by atoms with Gasteiger partial charge in [0.1, 0.15) is 5.82 Å². The zero-order valence-electron chi connectivity index (χ0n) is 17.3. The van der Waals surface area contributed by atoms with Gasteiger partial charge in [0.25, 0.3) is 5.91 Å². The highest BCUT2D eigenvalue weighted by Gasteiger charge is 2.23. The van der Waals surface area contributed by atoms with Crippen LogP contribution in [0.3, 0.4) is 0 Å². The third kappa shape index (κ3) is 4.03. The Morgan fingerprint density at radius 2 is 1.87 bits per heavy atom. The normalized spacial score (nSPS) is 10.8. The van der Waals surface area contributed by atoms with Gasteiger partial charge in [0, 0.05) is 19.2 Å². The fourth-order valence-electron chi connectivity index (χ4n) is 3.66. The van der Waals surface area contributed by atoms with Gasteiger partial charge in [-0.2, -0.15) is 5.10 Å². The SMILES string of the molecule is C#CCN(Cc1ccc(F)cc1)C(=O)c1cc(-c2ccccc2)nc2c1c(C)nn2C. The first kappa shape index (κ1) is 20.3. The second-order valence-corrected chi connectivity index (χ2v) is 7.32. The van der Waals surface area contributed by atoms with Crippen molar-refractivity contribution in [1.29, 1.82) is 0 Å². The third-order valence-corrected chi connectivity index (χ3v) is 5.12. The lowest BCUT2D eigenvalue weighted by Crippen LogP contribution is -2.31. The first-order valence-electron chi connectivity index (χ1n) is 9.85. The van der Waals surface area contributed by atoms with E-state index in [4.69, 9.17) is 11.4 Å². The van der Waals surface area contributed by atoms with Gasteiger partial charge in [0.05, 0.1) is 28.9 Å². The summed E-state index contributed by atoms with van der Waals surface area (Å²) >= 11 is 0. The van der Waals surface area contributed by atoms with E-state index in [1.165, 1.54) is 12.1 Å². The maximum Gasteiger partial charge on any atom is 0.255 e. The lowest BCUT2D eigenvalue weighted by Gasteiger charge is -2.21. The van der Waals surface area contributed by atoms with Crippen LogP contribution < -0.4 is 0 Å². The number of carbonyl (C=O) groups excluding carboxylic acids is 1. The summed E-state index contributed by atoms with van der Waals surface area (Å²) in [6.07, 6.45) is 5.56. The standard InChI is InChI=1S/C25H21FN4O/c1-4-14-30(16-18-10-12-20(26)13-11-18)25(31)21-15-22(19-8-6-5-7-9-19)27-24-23(21)17(2)28-29(24)3/h1,5-13,15H,14,16H2,2-3H3. The first-order chi connectivity index (χ1) is 15.0. The summed E-state index contributed by atoms with van der Waals surface area (Å²) in [6.45, 7) is 2.25. The zero-order chi connectivity index (χ0) is 22.0. The largest absolute Gasteiger partial charge is 0.323 e. The lowest BCUT2D eigenvalue weighted by atomic mass is 10.0. The van der Waals surface area contributed by atoms with E-state index in [0.29, 0.717) is 22.3 Å². The van der Waals surface area contributed by atoms with E-state index in [1.54, 1.807) is 27.8 Å². The number of fused-ring (bicyclic) bond motifs is 1. The Morgan fingerprint density at radius 1 is 1.16 bits per heavy atom. The van der Waals surface area contributed by atoms with Crippen LogP contribution in [0.4, 0.5) is 4.39 Å². The van der Waals surface area contributed by atoms with Crippen LogP contribution in [0.1, 0.15) is 21.6 Å². The van der Waals surface area contributed by atoms with Crippen LogP contribution >= 0.6 is 0 Å². The Morgan fingerprint density at radius 3 is 2.55 bits per heavy atom. The predicted octanol–water partition coefficient (Wildman–Crippen LogP) is 4.36. The molecule has 0 saturated heterocycles. The number of rotatable bonds is 5. The molecule has 0 aliphatic heterocycles. The summed E-state index contributed by atoms with van der Waals surface area (Å²) < 4.78 is 15.0. The van der Waals surface area contributed by atoms with E-state index in [-0.39, 0.29) is 24.8 Å². The Labute approximate surface area is 180 Å². The molecule has 5 nitrogen and oxygen atoms in total. The van der Waals surface area contributed by atoms with E-state index in [2.05, 4.69) is 11.0 Å². The van der Waals surface area contributed by atoms with Crippen molar-refractivity contribution < 1.29 is 9.18 Å². The van der Waals surface area contributed by atoms with E-state index in [1.807, 2.05) is 44.3 Å². The molecule has 0 bridgehead atoms. The van der Waals surface area contributed by atoms with Crippen LogP contribution in [0.5, 0.6) is 0 Å². The Bertz CT molecular complexity index is 1290. The minimum absolute atomic E-state index is 0.125. The highest BCUT2D eigenvalue weighted by Crippen LogP contribution is 2.28. The number of benzene rings is 2. The van der Waals surface area contributed by atoms with Crippen molar-refractivity contribution >= 4 is 16.9 Å². The van der Waals surface area contributed by atoms with Gasteiger partial charge >= 0.3 is 0 Å². The van der Waals surface area contributed by atoms with Gasteiger partial charge in [-0.15, -0.1) is 6.42 Å². The van der Waals surface area contributed by atoms with E-state index >= 15 is 0 Å². The van der Waals surface area contributed by atoms with Gasteiger partial charge in [-0.3, -0.25) is 9.48 Å². The van der Waals surface area contributed by atoms with Crippen molar-refractivity contribution in [1.82, 2.24) is 19.7 Å². The van der Waals surface area contributed by atoms with Crippen LogP contribution in [0.25, 0.3) is 22.3 Å². The van der Waals surface area contributed by atoms with Gasteiger partial charge in [0.15, 0.2) is 5.65 Å². The molecule has 0 atom stereocenters. The van der Waals surface area contributed by atoms with E-state index < -0.39 is 0 Å². The molecule has 0 saturated carbocycles. The average Bonchev–Trinajstić information content (AvgIpc) is 3.08. The summed E-state index contributed by atoms with van der Waals surface area (Å²) in [4.78, 5) is 20.0. The number of carbonyl (C=O) groups is 1. The minimum atomic E-state index is -0.326. The van der Waals surface area contributed by atoms with E-state index in [9.17, 15) is 9.18 Å². The maximum absolute atomic E-state index is 13.7. The molecule has 2 aromatic carbocycles. The molecule has 4 rings (SSSR count). The van der Waals surface area contributed by atoms with Crippen LogP contribution in [0, 0.1) is 25.1 Å². The predicted molar refractivity (Wildman–Crippen MR) is 119 cm³/mol. The Hall–Kier alpha value is -3.98. The Balaban J connectivity index is 1.83. The minimum Gasteiger partial charge on any atom is -0.323 e. The molecular weight excluding hydrogens is 391 g/mol. The van der Waals surface area contributed by atoms with Gasteiger partial charge in [-0.25, -0.2) is 9.37 Å². The number of aryl methyl sites for hydroxylation is 2. The highest BCUT2D eigenvalue weighted by molar-refractivity contribution is 6.07. The van der Waals surface area contributed by atoms with Crippen molar-refractivity contribution in [2.24, 2.45) is 7.05 Å². The second kappa shape index (κ2) is 8.41. The number of terminal acetylenes is 1. The molecule has 1 amide bonds. The van der Waals surface area contributed by atoms with Gasteiger partial charge < -0.3 is 4.90 Å². The van der Waals surface area contributed by atoms with Crippen LogP contribution in [-0.4, -0.2) is 32.1 Å². The zero-order valence-corrected chi connectivity index (χ0v) is 17.3. The van der Waals surface area contributed by atoms with Crippen molar-refractivity contribution in [3.63, 3.8) is 0 Å². The summed E-state index contributed by atoms with van der Waals surface area (Å²) in [5.74, 6) is 2.01. The molecule has 0 unspecified atom stereocenters. The van der Waals surface area contributed by atoms with Gasteiger partial charge in [0.2, 0.25) is 0 Å².